The van der Waals surface area contributed by atoms with E-state index in [0.29, 0.717) is 11.5 Å². The highest BCUT2D eigenvalue weighted by molar-refractivity contribution is 6.04. The van der Waals surface area contributed by atoms with Gasteiger partial charge >= 0.3 is 0 Å². The Labute approximate surface area is 130 Å². The summed E-state index contributed by atoms with van der Waals surface area (Å²) in [6.07, 6.45) is 8.55. The number of hydrogen-bond acceptors (Lipinski definition) is 3. The minimum atomic E-state index is -0.0732. The van der Waals surface area contributed by atoms with Crippen LogP contribution in [0.4, 0.5) is 0 Å². The molecule has 0 fully saturated rings. The van der Waals surface area contributed by atoms with E-state index in [9.17, 15) is 4.79 Å². The zero-order valence-corrected chi connectivity index (χ0v) is 12.9. The van der Waals surface area contributed by atoms with Gasteiger partial charge in [0.2, 0.25) is 0 Å². The molecule has 0 aliphatic rings. The summed E-state index contributed by atoms with van der Waals surface area (Å²) in [5.74, 6) is 1.22. The Hall–Kier alpha value is -2.75. The molecule has 4 nitrogen and oxygen atoms in total. The number of rotatable bonds is 6. The Morgan fingerprint density at radius 2 is 1.77 bits per heavy atom. The van der Waals surface area contributed by atoms with Gasteiger partial charge in [-0.25, -0.2) is 0 Å². The lowest BCUT2D eigenvalue weighted by molar-refractivity contribution is -0.110. The van der Waals surface area contributed by atoms with Crippen molar-refractivity contribution in [1.82, 2.24) is 4.57 Å². The summed E-state index contributed by atoms with van der Waals surface area (Å²) in [6, 6.07) is 9.38. The van der Waals surface area contributed by atoms with Crippen LogP contribution in [0.15, 0.2) is 48.7 Å². The molecule has 0 aliphatic heterocycles. The van der Waals surface area contributed by atoms with Crippen LogP contribution < -0.4 is 9.47 Å². The van der Waals surface area contributed by atoms with Crippen molar-refractivity contribution in [1.29, 1.82) is 0 Å². The molecule has 0 radical (unpaired) electrons. The van der Waals surface area contributed by atoms with Crippen LogP contribution >= 0.6 is 0 Å². The molecular weight excluding hydrogens is 278 g/mol. The predicted molar refractivity (Wildman–Crippen MR) is 88.0 cm³/mol. The van der Waals surface area contributed by atoms with E-state index in [1.807, 2.05) is 48.1 Å². The summed E-state index contributed by atoms with van der Waals surface area (Å²) in [7, 11) is 5.11. The van der Waals surface area contributed by atoms with E-state index in [-0.39, 0.29) is 5.78 Å². The van der Waals surface area contributed by atoms with Crippen molar-refractivity contribution in [2.75, 3.05) is 14.2 Å². The molecular formula is C18H19NO3. The number of aromatic nitrogens is 1. The molecule has 1 heterocycles. The number of ether oxygens (including phenoxy) is 2. The van der Waals surface area contributed by atoms with Crippen LogP contribution in [0, 0.1) is 0 Å². The number of ketones is 1. The van der Waals surface area contributed by atoms with Gasteiger partial charge in [0, 0.05) is 18.9 Å². The Bertz CT molecular complexity index is 711. The van der Waals surface area contributed by atoms with Crippen LogP contribution in [0.3, 0.4) is 0 Å². The Balaban J connectivity index is 2.06. The number of aryl methyl sites for hydroxylation is 1. The predicted octanol–water partition coefficient (Wildman–Crippen LogP) is 3.34. The molecule has 114 valence electrons. The molecule has 22 heavy (non-hydrogen) atoms. The molecule has 0 spiro atoms. The first-order valence-electron chi connectivity index (χ1n) is 6.87. The Morgan fingerprint density at radius 3 is 2.41 bits per heavy atom. The molecule has 1 aromatic carbocycles. The molecule has 0 bridgehead atoms. The van der Waals surface area contributed by atoms with E-state index in [2.05, 4.69) is 0 Å². The third-order valence-electron chi connectivity index (χ3n) is 3.25. The number of hydrogen-bond donors (Lipinski definition) is 0. The zero-order chi connectivity index (χ0) is 15.9. The molecule has 0 saturated carbocycles. The van der Waals surface area contributed by atoms with E-state index in [1.165, 1.54) is 6.08 Å². The van der Waals surface area contributed by atoms with E-state index >= 15 is 0 Å². The first kappa shape index (κ1) is 15.6. The maximum atomic E-state index is 11.9. The number of allylic oxidation sites excluding steroid dienone is 2. The SMILES string of the molecule is COc1ccc(/C=C/C(=O)/C=C/c2cccn2C)cc1OC. The van der Waals surface area contributed by atoms with Crippen molar-refractivity contribution < 1.29 is 14.3 Å². The fourth-order valence-electron chi connectivity index (χ4n) is 2.01. The molecule has 0 aliphatic carbocycles. The topological polar surface area (TPSA) is 40.5 Å². The van der Waals surface area contributed by atoms with Crippen molar-refractivity contribution in [3.63, 3.8) is 0 Å². The molecule has 0 N–H and O–H groups in total. The molecule has 4 heteroatoms. The average Bonchev–Trinajstić information content (AvgIpc) is 2.95. The van der Waals surface area contributed by atoms with Gasteiger partial charge in [0.05, 0.1) is 14.2 Å². The highest BCUT2D eigenvalue weighted by atomic mass is 16.5. The van der Waals surface area contributed by atoms with E-state index in [1.54, 1.807) is 32.4 Å². The van der Waals surface area contributed by atoms with Gasteiger partial charge in [-0.05, 0) is 48.1 Å². The third kappa shape index (κ3) is 3.88. The third-order valence-corrected chi connectivity index (χ3v) is 3.25. The molecule has 0 amide bonds. The smallest absolute Gasteiger partial charge is 0.178 e. The van der Waals surface area contributed by atoms with Gasteiger partial charge in [-0.1, -0.05) is 12.1 Å². The average molecular weight is 297 g/mol. The van der Waals surface area contributed by atoms with E-state index in [0.717, 1.165) is 11.3 Å². The van der Waals surface area contributed by atoms with Crippen LogP contribution in [0.1, 0.15) is 11.3 Å². The van der Waals surface area contributed by atoms with Crippen LogP contribution in [-0.2, 0) is 11.8 Å². The monoisotopic (exact) mass is 297 g/mol. The fraction of sp³-hybridized carbons (Fsp3) is 0.167. The minimum Gasteiger partial charge on any atom is -0.493 e. The number of benzene rings is 1. The lowest BCUT2D eigenvalue weighted by Gasteiger charge is -2.07. The number of carbonyl (C=O) groups excluding carboxylic acids is 1. The number of carbonyl (C=O) groups is 1. The summed E-state index contributed by atoms with van der Waals surface area (Å²) in [5, 5.41) is 0. The van der Waals surface area contributed by atoms with Crippen molar-refractivity contribution >= 4 is 17.9 Å². The highest BCUT2D eigenvalue weighted by Crippen LogP contribution is 2.27. The zero-order valence-electron chi connectivity index (χ0n) is 12.9. The van der Waals surface area contributed by atoms with Crippen LogP contribution in [0.5, 0.6) is 11.5 Å². The summed E-state index contributed by atoms with van der Waals surface area (Å²) >= 11 is 0. The Morgan fingerprint density at radius 1 is 1.05 bits per heavy atom. The van der Waals surface area contributed by atoms with Crippen molar-refractivity contribution in [3.05, 3.63) is 59.9 Å². The standard InChI is InChI=1S/C18H19NO3/c1-19-12-4-5-15(19)8-10-16(20)9-6-14-7-11-17(21-2)18(13-14)22-3/h4-13H,1-3H3/b9-6+,10-8+. The maximum Gasteiger partial charge on any atom is 0.178 e. The summed E-state index contributed by atoms with van der Waals surface area (Å²) in [4.78, 5) is 11.9. The highest BCUT2D eigenvalue weighted by Gasteiger charge is 2.02. The van der Waals surface area contributed by atoms with Crippen molar-refractivity contribution in [2.24, 2.45) is 7.05 Å². The van der Waals surface area contributed by atoms with Gasteiger partial charge in [-0.2, -0.15) is 0 Å². The lowest BCUT2D eigenvalue weighted by atomic mass is 10.1. The molecule has 1 aromatic heterocycles. The molecule has 2 rings (SSSR count). The van der Waals surface area contributed by atoms with Gasteiger partial charge < -0.3 is 14.0 Å². The van der Waals surface area contributed by atoms with Gasteiger partial charge in [0.1, 0.15) is 0 Å². The quantitative estimate of drug-likeness (QED) is 0.768. The molecule has 0 atom stereocenters. The second-order valence-electron chi connectivity index (χ2n) is 4.73. The van der Waals surface area contributed by atoms with Gasteiger partial charge in [0.15, 0.2) is 17.3 Å². The maximum absolute atomic E-state index is 11.9. The lowest BCUT2D eigenvalue weighted by Crippen LogP contribution is -1.91. The largest absolute Gasteiger partial charge is 0.493 e. The number of methoxy groups -OCH3 is 2. The summed E-state index contributed by atoms with van der Waals surface area (Å²) < 4.78 is 12.4. The van der Waals surface area contributed by atoms with Gasteiger partial charge in [0.25, 0.3) is 0 Å². The van der Waals surface area contributed by atoms with Crippen molar-refractivity contribution in [3.8, 4) is 11.5 Å². The second-order valence-corrected chi connectivity index (χ2v) is 4.73. The second kappa shape index (κ2) is 7.31. The van der Waals surface area contributed by atoms with Gasteiger partial charge in [-0.3, -0.25) is 4.79 Å². The van der Waals surface area contributed by atoms with Gasteiger partial charge in [-0.15, -0.1) is 0 Å². The first-order chi connectivity index (χ1) is 10.6. The normalized spacial score (nSPS) is 11.2. The molecule has 2 aromatic rings. The van der Waals surface area contributed by atoms with Crippen molar-refractivity contribution in [2.45, 2.75) is 0 Å². The first-order valence-corrected chi connectivity index (χ1v) is 6.87. The van der Waals surface area contributed by atoms with Crippen LogP contribution in [0.25, 0.3) is 12.2 Å². The van der Waals surface area contributed by atoms with E-state index < -0.39 is 0 Å². The summed E-state index contributed by atoms with van der Waals surface area (Å²) in [5.41, 5.74) is 1.85. The Kier molecular flexibility index (Phi) is 5.20. The van der Waals surface area contributed by atoms with Crippen LogP contribution in [-0.4, -0.2) is 24.6 Å². The molecule has 0 saturated heterocycles. The fourth-order valence-corrected chi connectivity index (χ4v) is 2.01. The molecule has 0 unspecified atom stereocenters. The summed E-state index contributed by atoms with van der Waals surface area (Å²) in [6.45, 7) is 0. The van der Waals surface area contributed by atoms with E-state index in [4.69, 9.17) is 9.47 Å². The minimum absolute atomic E-state index is 0.0732. The number of nitrogens with zero attached hydrogens (tertiary/aromatic N) is 1. The van der Waals surface area contributed by atoms with Crippen LogP contribution in [0.2, 0.25) is 0 Å².